The molecule has 0 saturated heterocycles. The SMILES string of the molecule is Cc1nn(Cc2cc(C(C)C)no2)c(C)c1N. The largest absolute Gasteiger partial charge is 0.396 e. The predicted molar refractivity (Wildman–Crippen MR) is 65.8 cm³/mol. The number of nitrogen functional groups attached to an aromatic ring is 1. The highest BCUT2D eigenvalue weighted by Crippen LogP contribution is 2.18. The molecule has 0 saturated carbocycles. The van der Waals surface area contributed by atoms with Crippen LogP contribution < -0.4 is 5.73 Å². The molecule has 0 aliphatic rings. The zero-order chi connectivity index (χ0) is 12.6. The lowest BCUT2D eigenvalue weighted by molar-refractivity contribution is 0.363. The van der Waals surface area contributed by atoms with E-state index in [0.29, 0.717) is 12.5 Å². The molecule has 17 heavy (non-hydrogen) atoms. The Bertz CT molecular complexity index is 525. The number of aryl methyl sites for hydroxylation is 1. The van der Waals surface area contributed by atoms with Crippen LogP contribution in [0.15, 0.2) is 10.6 Å². The van der Waals surface area contributed by atoms with Crippen LogP contribution in [0.3, 0.4) is 0 Å². The van der Waals surface area contributed by atoms with Crippen molar-refractivity contribution in [1.82, 2.24) is 14.9 Å². The lowest BCUT2D eigenvalue weighted by atomic mass is 10.1. The fourth-order valence-corrected chi connectivity index (χ4v) is 1.69. The fraction of sp³-hybridized carbons (Fsp3) is 0.500. The standard InChI is InChI=1S/C12H18N4O/c1-7(2)11-5-10(17-15-11)6-16-9(4)12(13)8(3)14-16/h5,7H,6,13H2,1-4H3. The summed E-state index contributed by atoms with van der Waals surface area (Å²) >= 11 is 0. The third-order valence-electron chi connectivity index (χ3n) is 2.91. The van der Waals surface area contributed by atoms with E-state index in [2.05, 4.69) is 24.1 Å². The Morgan fingerprint density at radius 3 is 2.59 bits per heavy atom. The summed E-state index contributed by atoms with van der Waals surface area (Å²) < 4.78 is 7.12. The normalized spacial score (nSPS) is 11.4. The van der Waals surface area contributed by atoms with Gasteiger partial charge in [0.25, 0.3) is 0 Å². The van der Waals surface area contributed by atoms with Crippen molar-refractivity contribution in [3.8, 4) is 0 Å². The molecule has 2 N–H and O–H groups in total. The fourth-order valence-electron chi connectivity index (χ4n) is 1.69. The van der Waals surface area contributed by atoms with Gasteiger partial charge >= 0.3 is 0 Å². The van der Waals surface area contributed by atoms with E-state index in [4.69, 9.17) is 10.3 Å². The van der Waals surface area contributed by atoms with Crippen molar-refractivity contribution >= 4 is 5.69 Å². The number of nitrogens with two attached hydrogens (primary N) is 1. The molecule has 0 aromatic carbocycles. The maximum Gasteiger partial charge on any atom is 0.158 e. The first kappa shape index (κ1) is 11.7. The lowest BCUT2D eigenvalue weighted by Gasteiger charge is -2.00. The average molecular weight is 234 g/mol. The summed E-state index contributed by atoms with van der Waals surface area (Å²) in [5, 5.41) is 8.39. The highest BCUT2D eigenvalue weighted by molar-refractivity contribution is 5.46. The van der Waals surface area contributed by atoms with Gasteiger partial charge in [0.1, 0.15) is 6.54 Å². The summed E-state index contributed by atoms with van der Waals surface area (Å²) in [6.07, 6.45) is 0. The molecule has 0 unspecified atom stereocenters. The monoisotopic (exact) mass is 234 g/mol. The van der Waals surface area contributed by atoms with E-state index in [0.717, 1.165) is 28.5 Å². The predicted octanol–water partition coefficient (Wildman–Crippen LogP) is 2.24. The first-order chi connectivity index (χ1) is 7.99. The number of aromatic nitrogens is 3. The molecule has 2 aromatic heterocycles. The first-order valence-electron chi connectivity index (χ1n) is 5.74. The molecule has 5 nitrogen and oxygen atoms in total. The Morgan fingerprint density at radius 2 is 2.12 bits per heavy atom. The van der Waals surface area contributed by atoms with Gasteiger partial charge in [0.15, 0.2) is 5.76 Å². The van der Waals surface area contributed by atoms with E-state index >= 15 is 0 Å². The average Bonchev–Trinajstić information content (AvgIpc) is 2.82. The second kappa shape index (κ2) is 4.24. The second-order valence-corrected chi connectivity index (χ2v) is 4.61. The van der Waals surface area contributed by atoms with Crippen LogP contribution in [0.1, 0.15) is 42.6 Å². The summed E-state index contributed by atoms with van der Waals surface area (Å²) in [5.74, 6) is 1.18. The summed E-state index contributed by atoms with van der Waals surface area (Å²) in [4.78, 5) is 0. The van der Waals surface area contributed by atoms with Crippen molar-refractivity contribution in [2.45, 2.75) is 40.2 Å². The van der Waals surface area contributed by atoms with E-state index in [1.165, 1.54) is 0 Å². The van der Waals surface area contributed by atoms with Gasteiger partial charge in [-0.05, 0) is 19.8 Å². The molecule has 0 radical (unpaired) electrons. The molecule has 0 aliphatic carbocycles. The highest BCUT2D eigenvalue weighted by Gasteiger charge is 2.12. The van der Waals surface area contributed by atoms with Crippen LogP contribution in [0.5, 0.6) is 0 Å². The van der Waals surface area contributed by atoms with Crippen LogP contribution in [0, 0.1) is 13.8 Å². The molecule has 0 amide bonds. The topological polar surface area (TPSA) is 69.9 Å². The Hall–Kier alpha value is -1.78. The molecule has 0 fully saturated rings. The molecule has 5 heteroatoms. The molecule has 0 bridgehead atoms. The molecule has 0 atom stereocenters. The van der Waals surface area contributed by atoms with Crippen LogP contribution >= 0.6 is 0 Å². The minimum absolute atomic E-state index is 0.373. The highest BCUT2D eigenvalue weighted by atomic mass is 16.5. The molecule has 0 aliphatic heterocycles. The van der Waals surface area contributed by atoms with Gasteiger partial charge in [-0.15, -0.1) is 0 Å². The molecule has 0 spiro atoms. The van der Waals surface area contributed by atoms with Crippen LogP contribution in [0.4, 0.5) is 5.69 Å². The zero-order valence-electron chi connectivity index (χ0n) is 10.7. The number of anilines is 1. The molecular formula is C12H18N4O. The van der Waals surface area contributed by atoms with Gasteiger partial charge in [-0.2, -0.15) is 5.10 Å². The molecule has 2 aromatic rings. The van der Waals surface area contributed by atoms with Gasteiger partial charge in [-0.25, -0.2) is 0 Å². The number of hydrogen-bond acceptors (Lipinski definition) is 4. The number of nitrogens with zero attached hydrogens (tertiary/aromatic N) is 3. The van der Waals surface area contributed by atoms with E-state index in [1.807, 2.05) is 24.6 Å². The molecular weight excluding hydrogens is 216 g/mol. The zero-order valence-corrected chi connectivity index (χ0v) is 10.7. The van der Waals surface area contributed by atoms with E-state index in [1.54, 1.807) is 0 Å². The molecule has 2 heterocycles. The molecule has 2 rings (SSSR count). The van der Waals surface area contributed by atoms with Crippen molar-refractivity contribution in [3.63, 3.8) is 0 Å². The van der Waals surface area contributed by atoms with Gasteiger partial charge in [0.05, 0.1) is 22.8 Å². The summed E-state index contributed by atoms with van der Waals surface area (Å²) in [6.45, 7) is 8.60. The van der Waals surface area contributed by atoms with Gasteiger partial charge in [-0.3, -0.25) is 4.68 Å². The van der Waals surface area contributed by atoms with E-state index < -0.39 is 0 Å². The van der Waals surface area contributed by atoms with Gasteiger partial charge < -0.3 is 10.3 Å². The lowest BCUT2D eigenvalue weighted by Crippen LogP contribution is -2.03. The van der Waals surface area contributed by atoms with E-state index in [-0.39, 0.29) is 0 Å². The van der Waals surface area contributed by atoms with Gasteiger partial charge in [0, 0.05) is 6.07 Å². The van der Waals surface area contributed by atoms with Crippen molar-refractivity contribution in [2.24, 2.45) is 0 Å². The van der Waals surface area contributed by atoms with Crippen LogP contribution in [0.2, 0.25) is 0 Å². The quantitative estimate of drug-likeness (QED) is 0.884. The first-order valence-corrected chi connectivity index (χ1v) is 5.74. The van der Waals surface area contributed by atoms with Crippen LogP contribution in [-0.4, -0.2) is 14.9 Å². The Morgan fingerprint density at radius 1 is 1.41 bits per heavy atom. The van der Waals surface area contributed by atoms with Gasteiger partial charge in [0.2, 0.25) is 0 Å². The third kappa shape index (κ3) is 2.18. The maximum absolute atomic E-state index is 5.88. The Kier molecular flexibility index (Phi) is 2.92. The number of rotatable bonds is 3. The van der Waals surface area contributed by atoms with Crippen molar-refractivity contribution in [2.75, 3.05) is 5.73 Å². The minimum atomic E-state index is 0.373. The van der Waals surface area contributed by atoms with Crippen LogP contribution in [-0.2, 0) is 6.54 Å². The third-order valence-corrected chi connectivity index (χ3v) is 2.91. The summed E-state index contributed by atoms with van der Waals surface area (Å²) in [6, 6.07) is 1.97. The minimum Gasteiger partial charge on any atom is -0.396 e. The molecule has 92 valence electrons. The smallest absolute Gasteiger partial charge is 0.158 e. The summed E-state index contributed by atoms with van der Waals surface area (Å²) in [7, 11) is 0. The van der Waals surface area contributed by atoms with Crippen LogP contribution in [0.25, 0.3) is 0 Å². The van der Waals surface area contributed by atoms with Crippen molar-refractivity contribution in [3.05, 3.63) is 28.9 Å². The van der Waals surface area contributed by atoms with Crippen molar-refractivity contribution < 1.29 is 4.52 Å². The summed E-state index contributed by atoms with van der Waals surface area (Å²) in [5.41, 5.74) is 9.41. The Labute approximate surface area is 101 Å². The number of hydrogen-bond donors (Lipinski definition) is 1. The maximum atomic E-state index is 5.88. The Balaban J connectivity index is 2.22. The second-order valence-electron chi connectivity index (χ2n) is 4.61. The van der Waals surface area contributed by atoms with Crippen molar-refractivity contribution in [1.29, 1.82) is 0 Å². The van der Waals surface area contributed by atoms with E-state index in [9.17, 15) is 0 Å². The van der Waals surface area contributed by atoms with Gasteiger partial charge in [-0.1, -0.05) is 19.0 Å².